The van der Waals surface area contributed by atoms with Crippen LogP contribution in [0.4, 0.5) is 0 Å². The minimum absolute atomic E-state index is 0.197. The van der Waals surface area contributed by atoms with Crippen molar-refractivity contribution in [3.63, 3.8) is 0 Å². The molecule has 0 bridgehead atoms. The minimum atomic E-state index is 0.197. The summed E-state index contributed by atoms with van der Waals surface area (Å²) in [6.45, 7) is 2.56. The lowest BCUT2D eigenvalue weighted by molar-refractivity contribution is -0.108. The van der Waals surface area contributed by atoms with Gasteiger partial charge in [-0.3, -0.25) is 0 Å². The van der Waals surface area contributed by atoms with Gasteiger partial charge >= 0.3 is 0 Å². The molecule has 0 aliphatic heterocycles. The molecule has 16 heavy (non-hydrogen) atoms. The van der Waals surface area contributed by atoms with Gasteiger partial charge in [0.25, 0.3) is 0 Å². The number of methoxy groups -OCH3 is 1. The molecule has 1 aromatic carbocycles. The van der Waals surface area contributed by atoms with E-state index in [0.717, 1.165) is 29.8 Å². The Morgan fingerprint density at radius 3 is 2.81 bits per heavy atom. The number of aldehydes is 1. The fourth-order valence-corrected chi connectivity index (χ4v) is 1.94. The quantitative estimate of drug-likeness (QED) is 0.715. The highest BCUT2D eigenvalue weighted by Crippen LogP contribution is 2.47. The molecule has 86 valence electrons. The van der Waals surface area contributed by atoms with E-state index in [9.17, 15) is 4.79 Å². The highest BCUT2D eigenvalue weighted by molar-refractivity contribution is 5.62. The highest BCUT2D eigenvalue weighted by atomic mass is 16.5. The highest BCUT2D eigenvalue weighted by Gasteiger charge is 2.38. The minimum Gasteiger partial charge on any atom is -0.493 e. The van der Waals surface area contributed by atoms with E-state index in [0.29, 0.717) is 12.5 Å². The van der Waals surface area contributed by atoms with Crippen LogP contribution in [0.5, 0.6) is 11.5 Å². The summed E-state index contributed by atoms with van der Waals surface area (Å²) in [5.41, 5.74) is 1.16. The van der Waals surface area contributed by atoms with Gasteiger partial charge in [0.1, 0.15) is 6.29 Å². The predicted octanol–water partition coefficient (Wildman–Crippen LogP) is 2.40. The Bertz CT molecular complexity index is 387. The van der Waals surface area contributed by atoms with Gasteiger partial charge in [-0.25, -0.2) is 0 Å². The summed E-state index contributed by atoms with van der Waals surface area (Å²) in [5, 5.41) is 0. The second-order valence-electron chi connectivity index (χ2n) is 3.99. The van der Waals surface area contributed by atoms with Gasteiger partial charge < -0.3 is 14.3 Å². The molecule has 1 aromatic rings. The standard InChI is InChI=1S/C13H16O3/c1-3-16-12-5-4-9(7-13(12)15-2)11-6-10(11)8-14/h4-5,7-8,10-11H,3,6H2,1-2H3. The van der Waals surface area contributed by atoms with Crippen molar-refractivity contribution in [2.24, 2.45) is 5.92 Å². The maximum absolute atomic E-state index is 10.6. The van der Waals surface area contributed by atoms with Crippen LogP contribution in [0.1, 0.15) is 24.8 Å². The maximum Gasteiger partial charge on any atom is 0.161 e. The summed E-state index contributed by atoms with van der Waals surface area (Å²) in [7, 11) is 1.63. The van der Waals surface area contributed by atoms with E-state index in [1.54, 1.807) is 7.11 Å². The van der Waals surface area contributed by atoms with Crippen molar-refractivity contribution in [1.82, 2.24) is 0 Å². The maximum atomic E-state index is 10.6. The van der Waals surface area contributed by atoms with Crippen molar-refractivity contribution in [3.05, 3.63) is 23.8 Å². The largest absolute Gasteiger partial charge is 0.493 e. The van der Waals surface area contributed by atoms with E-state index in [2.05, 4.69) is 0 Å². The molecular weight excluding hydrogens is 204 g/mol. The van der Waals surface area contributed by atoms with E-state index in [1.165, 1.54) is 0 Å². The van der Waals surface area contributed by atoms with Crippen molar-refractivity contribution in [2.45, 2.75) is 19.3 Å². The summed E-state index contributed by atoms with van der Waals surface area (Å²) in [6.07, 6.45) is 1.99. The molecule has 0 heterocycles. The van der Waals surface area contributed by atoms with Crippen LogP contribution in [0.3, 0.4) is 0 Å². The van der Waals surface area contributed by atoms with Crippen LogP contribution >= 0.6 is 0 Å². The molecule has 2 unspecified atom stereocenters. The van der Waals surface area contributed by atoms with E-state index >= 15 is 0 Å². The number of ether oxygens (including phenoxy) is 2. The van der Waals surface area contributed by atoms with Crippen LogP contribution in [0, 0.1) is 5.92 Å². The van der Waals surface area contributed by atoms with Crippen LogP contribution in [0.2, 0.25) is 0 Å². The lowest BCUT2D eigenvalue weighted by Gasteiger charge is -2.10. The molecule has 1 fully saturated rings. The predicted molar refractivity (Wildman–Crippen MR) is 61.1 cm³/mol. The smallest absolute Gasteiger partial charge is 0.161 e. The van der Waals surface area contributed by atoms with Crippen LogP contribution in [-0.4, -0.2) is 20.0 Å². The number of benzene rings is 1. The van der Waals surface area contributed by atoms with E-state index in [1.807, 2.05) is 25.1 Å². The van der Waals surface area contributed by atoms with Gasteiger partial charge in [-0.2, -0.15) is 0 Å². The summed E-state index contributed by atoms with van der Waals surface area (Å²) in [6, 6.07) is 5.90. The van der Waals surface area contributed by atoms with Crippen molar-refractivity contribution >= 4 is 6.29 Å². The molecule has 0 saturated heterocycles. The van der Waals surface area contributed by atoms with Crippen LogP contribution < -0.4 is 9.47 Å². The average molecular weight is 220 g/mol. The topological polar surface area (TPSA) is 35.5 Å². The zero-order valence-corrected chi connectivity index (χ0v) is 9.60. The first kappa shape index (κ1) is 11.0. The number of carbonyl (C=O) groups excluding carboxylic acids is 1. The second kappa shape index (κ2) is 4.56. The van der Waals surface area contributed by atoms with E-state index in [-0.39, 0.29) is 5.92 Å². The van der Waals surface area contributed by atoms with Crippen LogP contribution in [0.15, 0.2) is 18.2 Å². The lowest BCUT2D eigenvalue weighted by Crippen LogP contribution is -1.96. The number of hydrogen-bond donors (Lipinski definition) is 0. The molecule has 1 saturated carbocycles. The molecule has 0 N–H and O–H groups in total. The number of hydrogen-bond acceptors (Lipinski definition) is 3. The average Bonchev–Trinajstić information content (AvgIpc) is 3.09. The Labute approximate surface area is 95.4 Å². The van der Waals surface area contributed by atoms with Gasteiger partial charge in [0.15, 0.2) is 11.5 Å². The molecule has 0 spiro atoms. The Morgan fingerprint density at radius 1 is 1.44 bits per heavy atom. The summed E-state index contributed by atoms with van der Waals surface area (Å²) >= 11 is 0. The molecule has 1 aliphatic rings. The Hall–Kier alpha value is -1.51. The molecule has 0 aromatic heterocycles. The van der Waals surface area contributed by atoms with Crippen molar-refractivity contribution < 1.29 is 14.3 Å². The van der Waals surface area contributed by atoms with Gasteiger partial charge in [0.05, 0.1) is 13.7 Å². The van der Waals surface area contributed by atoms with Crippen molar-refractivity contribution in [2.75, 3.05) is 13.7 Å². The molecule has 2 atom stereocenters. The Kier molecular flexibility index (Phi) is 3.13. The Morgan fingerprint density at radius 2 is 2.25 bits per heavy atom. The first-order valence-corrected chi connectivity index (χ1v) is 5.56. The zero-order valence-electron chi connectivity index (χ0n) is 9.60. The molecule has 3 nitrogen and oxygen atoms in total. The lowest BCUT2D eigenvalue weighted by atomic mass is 10.1. The van der Waals surface area contributed by atoms with Crippen molar-refractivity contribution in [1.29, 1.82) is 0 Å². The second-order valence-corrected chi connectivity index (χ2v) is 3.99. The molecule has 3 heteroatoms. The molecule has 2 rings (SSSR count). The molecule has 0 amide bonds. The third-order valence-electron chi connectivity index (χ3n) is 2.93. The third-order valence-corrected chi connectivity index (χ3v) is 2.93. The zero-order chi connectivity index (χ0) is 11.5. The van der Waals surface area contributed by atoms with E-state index in [4.69, 9.17) is 9.47 Å². The number of rotatable bonds is 5. The van der Waals surface area contributed by atoms with E-state index < -0.39 is 0 Å². The monoisotopic (exact) mass is 220 g/mol. The molecular formula is C13H16O3. The fourth-order valence-electron chi connectivity index (χ4n) is 1.94. The van der Waals surface area contributed by atoms with Gasteiger partial charge in [-0.15, -0.1) is 0 Å². The normalized spacial score (nSPS) is 22.6. The van der Waals surface area contributed by atoms with Crippen LogP contribution in [0.25, 0.3) is 0 Å². The Balaban J connectivity index is 2.20. The fraction of sp³-hybridized carbons (Fsp3) is 0.462. The first-order valence-electron chi connectivity index (χ1n) is 5.56. The summed E-state index contributed by atoms with van der Waals surface area (Å²) in [5.74, 6) is 2.08. The van der Waals surface area contributed by atoms with Crippen molar-refractivity contribution in [3.8, 4) is 11.5 Å². The third kappa shape index (κ3) is 2.03. The SMILES string of the molecule is CCOc1ccc(C2CC2C=O)cc1OC. The van der Waals surface area contributed by atoms with Gasteiger partial charge in [-0.05, 0) is 37.0 Å². The van der Waals surface area contributed by atoms with Gasteiger partial charge in [0.2, 0.25) is 0 Å². The first-order chi connectivity index (χ1) is 7.80. The van der Waals surface area contributed by atoms with Crippen LogP contribution in [-0.2, 0) is 4.79 Å². The molecule has 1 aliphatic carbocycles. The summed E-state index contributed by atoms with van der Waals surface area (Å²) in [4.78, 5) is 10.6. The van der Waals surface area contributed by atoms with Gasteiger partial charge in [-0.1, -0.05) is 6.07 Å². The summed E-state index contributed by atoms with van der Waals surface area (Å²) < 4.78 is 10.7. The number of carbonyl (C=O) groups is 1. The van der Waals surface area contributed by atoms with Gasteiger partial charge in [0, 0.05) is 5.92 Å². The molecule has 0 radical (unpaired) electrons.